The van der Waals surface area contributed by atoms with Crippen molar-refractivity contribution in [3.05, 3.63) is 94.0 Å². The Bertz CT molecular complexity index is 1760. The Morgan fingerprint density at radius 1 is 0.959 bits per heavy atom. The van der Waals surface area contributed by atoms with E-state index < -0.39 is 23.3 Å². The molecule has 0 bridgehead atoms. The summed E-state index contributed by atoms with van der Waals surface area (Å²) in [7, 11) is 0. The monoisotopic (exact) mass is 695 g/mol. The van der Waals surface area contributed by atoms with E-state index in [1.165, 1.54) is 37.3 Å². The molecule has 5 rings (SSSR count). The van der Waals surface area contributed by atoms with Gasteiger partial charge in [-0.1, -0.05) is 12.1 Å². The minimum atomic E-state index is -4.43. The Kier molecular flexibility index (Phi) is 11.0. The zero-order valence-electron chi connectivity index (χ0n) is 28.0. The van der Waals surface area contributed by atoms with Crippen LogP contribution in [-0.4, -0.2) is 65.1 Å². The van der Waals surface area contributed by atoms with Gasteiger partial charge in [0.05, 0.1) is 17.9 Å². The normalized spacial score (nSPS) is 14.1. The van der Waals surface area contributed by atoms with Crippen molar-refractivity contribution in [3.8, 4) is 22.1 Å². The lowest BCUT2D eigenvalue weighted by atomic mass is 10.0. The average Bonchev–Trinajstić information content (AvgIpc) is 3.47. The number of ether oxygens (including phenoxy) is 2. The van der Waals surface area contributed by atoms with Crippen LogP contribution in [-0.2, 0) is 23.9 Å². The number of piperazine rings is 1. The third-order valence-corrected chi connectivity index (χ3v) is 9.66. The molecule has 260 valence electrons. The summed E-state index contributed by atoms with van der Waals surface area (Å²) in [5.41, 5.74) is 1.52. The van der Waals surface area contributed by atoms with Gasteiger partial charge in [0.1, 0.15) is 16.5 Å². The number of carboxylic acids is 1. The van der Waals surface area contributed by atoms with E-state index in [-0.39, 0.29) is 12.2 Å². The van der Waals surface area contributed by atoms with Crippen LogP contribution in [0, 0.1) is 6.92 Å². The molecule has 0 aliphatic carbocycles. The highest BCUT2D eigenvalue weighted by atomic mass is 32.1. The summed E-state index contributed by atoms with van der Waals surface area (Å²) in [6, 6.07) is 18.0. The molecule has 49 heavy (non-hydrogen) atoms. The molecule has 1 N–H and O–H groups in total. The van der Waals surface area contributed by atoms with Crippen LogP contribution in [0.1, 0.15) is 59.2 Å². The summed E-state index contributed by atoms with van der Waals surface area (Å²) >= 11 is 1.40. The van der Waals surface area contributed by atoms with Gasteiger partial charge in [-0.05, 0) is 94.3 Å². The van der Waals surface area contributed by atoms with Gasteiger partial charge in [-0.25, -0.2) is 9.78 Å². The van der Waals surface area contributed by atoms with Crippen molar-refractivity contribution >= 4 is 28.8 Å². The minimum Gasteiger partial charge on any atom is -0.494 e. The Labute approximate surface area is 288 Å². The van der Waals surface area contributed by atoms with Gasteiger partial charge >= 0.3 is 12.1 Å². The number of carboxylic acid groups (broad SMARTS) is 1. The molecule has 0 amide bonds. The maximum atomic E-state index is 13.3. The Morgan fingerprint density at radius 3 is 2.22 bits per heavy atom. The van der Waals surface area contributed by atoms with Crippen molar-refractivity contribution in [1.82, 2.24) is 9.88 Å². The molecule has 1 aromatic heterocycles. The Morgan fingerprint density at radius 2 is 1.63 bits per heavy atom. The summed E-state index contributed by atoms with van der Waals surface area (Å²) in [5.74, 6) is 0.0332. The number of hydrogen-bond donors (Lipinski definition) is 1. The van der Waals surface area contributed by atoms with E-state index in [1.54, 1.807) is 25.1 Å². The van der Waals surface area contributed by atoms with Gasteiger partial charge in [0.15, 0.2) is 11.4 Å². The average molecular weight is 696 g/mol. The van der Waals surface area contributed by atoms with Crippen LogP contribution in [0.3, 0.4) is 0 Å². The number of alkyl halides is 3. The second-order valence-corrected chi connectivity index (χ2v) is 13.6. The molecule has 1 saturated heterocycles. The first kappa shape index (κ1) is 35.9. The molecule has 0 atom stereocenters. The van der Waals surface area contributed by atoms with Crippen molar-refractivity contribution in [1.29, 1.82) is 0 Å². The molecule has 0 unspecified atom stereocenters. The zero-order valence-corrected chi connectivity index (χ0v) is 28.8. The summed E-state index contributed by atoms with van der Waals surface area (Å²) in [5, 5.41) is 10.0. The van der Waals surface area contributed by atoms with E-state index in [9.17, 15) is 27.9 Å². The van der Waals surface area contributed by atoms with Crippen LogP contribution >= 0.6 is 11.3 Å². The van der Waals surface area contributed by atoms with Gasteiger partial charge in [0, 0.05) is 60.8 Å². The van der Waals surface area contributed by atoms with E-state index in [4.69, 9.17) is 14.5 Å². The fraction of sp³-hybridized carbons (Fsp3) is 0.378. The zero-order chi connectivity index (χ0) is 35.3. The fourth-order valence-corrected chi connectivity index (χ4v) is 6.63. The second-order valence-electron chi connectivity index (χ2n) is 12.5. The number of anilines is 1. The number of carbonyl (C=O) groups is 2. The predicted molar refractivity (Wildman–Crippen MR) is 184 cm³/mol. The van der Waals surface area contributed by atoms with E-state index in [0.717, 1.165) is 60.3 Å². The Hall–Kier alpha value is -4.42. The molecule has 8 nitrogen and oxygen atoms in total. The lowest BCUT2D eigenvalue weighted by Gasteiger charge is -2.36. The van der Waals surface area contributed by atoms with Crippen molar-refractivity contribution in [2.45, 2.75) is 58.9 Å². The number of aryl methyl sites for hydroxylation is 2. The summed E-state index contributed by atoms with van der Waals surface area (Å²) in [6.45, 7) is 11.0. The molecule has 0 spiro atoms. The van der Waals surface area contributed by atoms with Crippen LogP contribution in [0.2, 0.25) is 0 Å². The summed E-state index contributed by atoms with van der Waals surface area (Å²) in [4.78, 5) is 35.3. The van der Waals surface area contributed by atoms with Gasteiger partial charge in [-0.3, -0.25) is 9.69 Å². The summed E-state index contributed by atoms with van der Waals surface area (Å²) < 4.78 is 50.9. The van der Waals surface area contributed by atoms with Crippen LogP contribution in [0.4, 0.5) is 18.9 Å². The minimum absolute atomic E-state index is 0.0912. The molecule has 1 aliphatic rings. The van der Waals surface area contributed by atoms with Crippen LogP contribution < -0.4 is 14.4 Å². The van der Waals surface area contributed by atoms with Crippen molar-refractivity contribution in [2.24, 2.45) is 0 Å². The van der Waals surface area contributed by atoms with E-state index in [2.05, 4.69) is 21.9 Å². The molecule has 1 fully saturated rings. The number of nitrogens with zero attached hydrogens (tertiary/aromatic N) is 3. The third kappa shape index (κ3) is 8.98. The van der Waals surface area contributed by atoms with Crippen LogP contribution in [0.15, 0.2) is 66.7 Å². The number of Topliss-reactive ketones (excluding diaryl/α,β-unsaturated/α-hetero) is 1. The number of aromatic nitrogens is 1. The standard InChI is InChI=1S/C37H40F3N3O5S/c1-5-47-29-13-11-28(12-14-29)43-20-18-42(19-21-43)23-30-33(49-34(41-30)25-6-9-27(10-7-25)37(38,39)40)17-15-31(44)26-8-16-32(24(2)22-26)48-36(3,4)35(45)46/h6-14,16,22H,5,15,17-21,23H2,1-4H3,(H,45,46). The number of carbonyl (C=O) groups excluding carboxylic acids is 1. The highest BCUT2D eigenvalue weighted by Gasteiger charge is 2.31. The number of thiazole rings is 1. The van der Waals surface area contributed by atoms with Crippen molar-refractivity contribution in [2.75, 3.05) is 37.7 Å². The SMILES string of the molecule is CCOc1ccc(N2CCN(Cc3nc(-c4ccc(C(F)(F)F)cc4)sc3CCC(=O)c3ccc(OC(C)(C)C(=O)O)c(C)c3)CC2)cc1. The lowest BCUT2D eigenvalue weighted by molar-refractivity contribution is -0.152. The quantitative estimate of drug-likeness (QED) is 0.141. The van der Waals surface area contributed by atoms with Crippen LogP contribution in [0.25, 0.3) is 10.6 Å². The number of benzene rings is 3. The fourth-order valence-electron chi connectivity index (χ4n) is 5.55. The maximum absolute atomic E-state index is 13.3. The first-order chi connectivity index (χ1) is 23.2. The largest absolute Gasteiger partial charge is 0.494 e. The number of halogens is 3. The Balaban J connectivity index is 1.30. The molecule has 2 heterocycles. The number of hydrogen-bond acceptors (Lipinski definition) is 8. The highest BCUT2D eigenvalue weighted by molar-refractivity contribution is 7.15. The van der Waals surface area contributed by atoms with Gasteiger partial charge in [-0.2, -0.15) is 13.2 Å². The summed E-state index contributed by atoms with van der Waals surface area (Å²) in [6.07, 6.45) is -3.81. The molecule has 3 aromatic carbocycles. The lowest BCUT2D eigenvalue weighted by Crippen LogP contribution is -2.46. The molecule has 0 saturated carbocycles. The third-order valence-electron chi connectivity index (χ3n) is 8.45. The number of aliphatic carboxylic acids is 1. The molecular formula is C37H40F3N3O5S. The van der Waals surface area contributed by atoms with E-state index >= 15 is 0 Å². The van der Waals surface area contributed by atoms with Crippen molar-refractivity contribution in [3.63, 3.8) is 0 Å². The molecule has 12 heteroatoms. The van der Waals surface area contributed by atoms with Gasteiger partial charge < -0.3 is 19.5 Å². The highest BCUT2D eigenvalue weighted by Crippen LogP contribution is 2.34. The van der Waals surface area contributed by atoms with Gasteiger partial charge in [-0.15, -0.1) is 11.3 Å². The molecule has 1 aliphatic heterocycles. The maximum Gasteiger partial charge on any atom is 0.416 e. The van der Waals surface area contributed by atoms with Gasteiger partial charge in [0.2, 0.25) is 0 Å². The second kappa shape index (κ2) is 15.0. The smallest absolute Gasteiger partial charge is 0.416 e. The topological polar surface area (TPSA) is 92.2 Å². The van der Waals surface area contributed by atoms with Gasteiger partial charge in [0.25, 0.3) is 0 Å². The van der Waals surface area contributed by atoms with Crippen LogP contribution in [0.5, 0.6) is 11.5 Å². The molecular weight excluding hydrogens is 655 g/mol. The molecule has 0 radical (unpaired) electrons. The first-order valence-electron chi connectivity index (χ1n) is 16.2. The first-order valence-corrected chi connectivity index (χ1v) is 17.0. The van der Waals surface area contributed by atoms with E-state index in [1.807, 2.05) is 19.1 Å². The van der Waals surface area contributed by atoms with E-state index in [0.29, 0.717) is 47.0 Å². The molecule has 4 aromatic rings. The predicted octanol–water partition coefficient (Wildman–Crippen LogP) is 7.92. The number of rotatable bonds is 13. The number of ketones is 1. The van der Waals surface area contributed by atoms with Crippen molar-refractivity contribution < 1.29 is 37.3 Å².